The molecule has 0 amide bonds. The highest BCUT2D eigenvalue weighted by atomic mass is 32.2. The highest BCUT2D eigenvalue weighted by Gasteiger charge is 2.15. The average molecular weight is 256 g/mol. The molecule has 0 N–H and O–H groups in total. The number of carbonyl (C=O) groups is 1. The van der Waals surface area contributed by atoms with Crippen molar-refractivity contribution in [3.63, 3.8) is 0 Å². The van der Waals surface area contributed by atoms with Gasteiger partial charge in [-0.25, -0.2) is 8.42 Å². The summed E-state index contributed by atoms with van der Waals surface area (Å²) in [6, 6.07) is 4.70. The van der Waals surface area contributed by atoms with Crippen molar-refractivity contribution in [2.75, 3.05) is 13.4 Å². The average Bonchev–Trinajstić information content (AvgIpc) is 2.27. The Morgan fingerprint density at radius 3 is 2.53 bits per heavy atom. The van der Waals surface area contributed by atoms with Crippen molar-refractivity contribution in [2.45, 2.75) is 24.2 Å². The van der Waals surface area contributed by atoms with Gasteiger partial charge in [0.05, 0.1) is 12.0 Å². The topological polar surface area (TPSA) is 60.4 Å². The van der Waals surface area contributed by atoms with Crippen molar-refractivity contribution < 1.29 is 17.9 Å². The number of aldehydes is 1. The largest absolute Gasteiger partial charge is 0.496 e. The zero-order valence-corrected chi connectivity index (χ0v) is 11.0. The Morgan fingerprint density at radius 2 is 2.06 bits per heavy atom. The van der Waals surface area contributed by atoms with E-state index in [2.05, 4.69) is 0 Å². The van der Waals surface area contributed by atoms with Crippen molar-refractivity contribution in [3.05, 3.63) is 23.8 Å². The number of methoxy groups -OCH3 is 1. The minimum absolute atomic E-state index is 0.0656. The molecule has 4 nitrogen and oxygen atoms in total. The lowest BCUT2D eigenvalue weighted by Crippen LogP contribution is -2.03. The van der Waals surface area contributed by atoms with Gasteiger partial charge in [-0.15, -0.1) is 0 Å². The Labute approximate surface area is 102 Å². The monoisotopic (exact) mass is 256 g/mol. The van der Waals surface area contributed by atoms with Crippen LogP contribution in [-0.4, -0.2) is 28.1 Å². The second-order valence-electron chi connectivity index (χ2n) is 3.98. The van der Waals surface area contributed by atoms with E-state index in [4.69, 9.17) is 4.74 Å². The zero-order chi connectivity index (χ0) is 13.1. The molecule has 1 unspecified atom stereocenters. The first kappa shape index (κ1) is 13.7. The first-order chi connectivity index (χ1) is 7.90. The van der Waals surface area contributed by atoms with Gasteiger partial charge in [-0.1, -0.05) is 6.92 Å². The quantitative estimate of drug-likeness (QED) is 0.754. The SMILES string of the molecule is COc1ccc(S(C)(=O)=O)cc1C(C)CC=O. The minimum atomic E-state index is -3.24. The summed E-state index contributed by atoms with van der Waals surface area (Å²) in [6.45, 7) is 1.86. The summed E-state index contributed by atoms with van der Waals surface area (Å²) in [6.07, 6.45) is 2.31. The number of rotatable bonds is 5. The van der Waals surface area contributed by atoms with E-state index in [1.807, 2.05) is 6.92 Å². The fourth-order valence-electron chi connectivity index (χ4n) is 1.60. The van der Waals surface area contributed by atoms with E-state index in [0.717, 1.165) is 18.1 Å². The zero-order valence-electron chi connectivity index (χ0n) is 10.1. The molecular formula is C12H16O4S. The number of hydrogen-bond acceptors (Lipinski definition) is 4. The van der Waals surface area contributed by atoms with Gasteiger partial charge in [0.25, 0.3) is 0 Å². The van der Waals surface area contributed by atoms with Crippen LogP contribution in [0.1, 0.15) is 24.8 Å². The van der Waals surface area contributed by atoms with E-state index in [1.54, 1.807) is 12.1 Å². The van der Waals surface area contributed by atoms with E-state index in [0.29, 0.717) is 12.2 Å². The maximum atomic E-state index is 11.5. The van der Waals surface area contributed by atoms with Crippen LogP contribution in [0.5, 0.6) is 5.75 Å². The van der Waals surface area contributed by atoms with Gasteiger partial charge < -0.3 is 9.53 Å². The standard InChI is InChI=1S/C12H16O4S/c1-9(6-7-13)11-8-10(17(3,14)15)4-5-12(11)16-2/h4-5,7-9H,6H2,1-3H3. The Balaban J connectivity index is 3.29. The van der Waals surface area contributed by atoms with Crippen LogP contribution in [0.15, 0.2) is 23.1 Å². The Morgan fingerprint density at radius 1 is 1.41 bits per heavy atom. The van der Waals surface area contributed by atoms with Gasteiger partial charge in [0, 0.05) is 12.7 Å². The molecule has 0 radical (unpaired) electrons. The summed E-state index contributed by atoms with van der Waals surface area (Å²) in [5.41, 5.74) is 0.738. The first-order valence-electron chi connectivity index (χ1n) is 5.21. The fourth-order valence-corrected chi connectivity index (χ4v) is 2.26. The predicted molar refractivity (Wildman–Crippen MR) is 65.2 cm³/mol. The van der Waals surface area contributed by atoms with Gasteiger partial charge >= 0.3 is 0 Å². The normalized spacial score (nSPS) is 13.1. The van der Waals surface area contributed by atoms with E-state index < -0.39 is 9.84 Å². The molecule has 0 spiro atoms. The number of benzene rings is 1. The third-order valence-corrected chi connectivity index (χ3v) is 3.72. The third-order valence-electron chi connectivity index (χ3n) is 2.61. The molecule has 0 aliphatic heterocycles. The van der Waals surface area contributed by atoms with Crippen LogP contribution in [0.4, 0.5) is 0 Å². The molecule has 0 aliphatic rings. The van der Waals surface area contributed by atoms with Crippen molar-refractivity contribution >= 4 is 16.1 Å². The number of hydrogen-bond donors (Lipinski definition) is 0. The van der Waals surface area contributed by atoms with Gasteiger partial charge in [-0.3, -0.25) is 0 Å². The van der Waals surface area contributed by atoms with Gasteiger partial charge in [0.2, 0.25) is 0 Å². The fraction of sp³-hybridized carbons (Fsp3) is 0.417. The van der Waals surface area contributed by atoms with Crippen LogP contribution < -0.4 is 4.74 Å². The molecule has 0 fully saturated rings. The van der Waals surface area contributed by atoms with Crippen molar-refractivity contribution in [1.29, 1.82) is 0 Å². The summed E-state index contributed by atoms with van der Waals surface area (Å²) >= 11 is 0. The highest BCUT2D eigenvalue weighted by molar-refractivity contribution is 7.90. The minimum Gasteiger partial charge on any atom is -0.496 e. The molecule has 1 aromatic rings. The van der Waals surface area contributed by atoms with Gasteiger partial charge in [0.1, 0.15) is 12.0 Å². The Kier molecular flexibility index (Phi) is 4.28. The van der Waals surface area contributed by atoms with E-state index in [1.165, 1.54) is 13.2 Å². The lowest BCUT2D eigenvalue weighted by Gasteiger charge is -2.14. The molecule has 5 heteroatoms. The molecular weight excluding hydrogens is 240 g/mol. The van der Waals surface area contributed by atoms with Crippen LogP contribution in [0, 0.1) is 0 Å². The van der Waals surface area contributed by atoms with Gasteiger partial charge in [-0.2, -0.15) is 0 Å². The number of sulfone groups is 1. The van der Waals surface area contributed by atoms with E-state index in [-0.39, 0.29) is 10.8 Å². The Bertz CT molecular complexity index is 505. The maximum absolute atomic E-state index is 11.5. The van der Waals surface area contributed by atoms with Gasteiger partial charge in [0.15, 0.2) is 9.84 Å². The predicted octanol–water partition coefficient (Wildman–Crippen LogP) is 1.79. The van der Waals surface area contributed by atoms with Crippen LogP contribution >= 0.6 is 0 Å². The first-order valence-corrected chi connectivity index (χ1v) is 7.11. The van der Waals surface area contributed by atoms with Crippen molar-refractivity contribution in [1.82, 2.24) is 0 Å². The molecule has 94 valence electrons. The van der Waals surface area contributed by atoms with Crippen LogP contribution in [0.3, 0.4) is 0 Å². The summed E-state index contributed by atoms with van der Waals surface area (Å²) in [5, 5.41) is 0. The second kappa shape index (κ2) is 5.31. The van der Waals surface area contributed by atoms with Crippen LogP contribution in [-0.2, 0) is 14.6 Å². The molecule has 0 aliphatic carbocycles. The molecule has 0 saturated heterocycles. The highest BCUT2D eigenvalue weighted by Crippen LogP contribution is 2.30. The molecule has 17 heavy (non-hydrogen) atoms. The molecule has 0 heterocycles. The second-order valence-corrected chi connectivity index (χ2v) is 6.00. The lowest BCUT2D eigenvalue weighted by atomic mass is 9.97. The van der Waals surface area contributed by atoms with Crippen molar-refractivity contribution in [3.8, 4) is 5.75 Å². The van der Waals surface area contributed by atoms with Crippen LogP contribution in [0.25, 0.3) is 0 Å². The smallest absolute Gasteiger partial charge is 0.175 e. The van der Waals surface area contributed by atoms with E-state index in [9.17, 15) is 13.2 Å². The molecule has 1 rings (SSSR count). The molecule has 0 saturated carbocycles. The molecule has 1 aromatic carbocycles. The summed E-state index contributed by atoms with van der Waals surface area (Å²) in [5.74, 6) is 0.538. The van der Waals surface area contributed by atoms with Crippen LogP contribution in [0.2, 0.25) is 0 Å². The molecule has 0 bridgehead atoms. The molecule has 1 atom stereocenters. The Hall–Kier alpha value is -1.36. The summed E-state index contributed by atoms with van der Waals surface area (Å²) < 4.78 is 28.1. The summed E-state index contributed by atoms with van der Waals surface area (Å²) in [4.78, 5) is 10.8. The number of carbonyl (C=O) groups excluding carboxylic acids is 1. The van der Waals surface area contributed by atoms with Gasteiger partial charge in [-0.05, 0) is 29.7 Å². The molecule has 0 aromatic heterocycles. The van der Waals surface area contributed by atoms with E-state index >= 15 is 0 Å². The number of ether oxygens (including phenoxy) is 1. The maximum Gasteiger partial charge on any atom is 0.175 e. The van der Waals surface area contributed by atoms with Crippen molar-refractivity contribution in [2.24, 2.45) is 0 Å². The summed E-state index contributed by atoms with van der Waals surface area (Å²) in [7, 11) is -1.72. The third kappa shape index (κ3) is 3.30. The lowest BCUT2D eigenvalue weighted by molar-refractivity contribution is -0.108.